The number of aromatic hydroxyl groups is 1. The number of rotatable bonds is 9. The third kappa shape index (κ3) is 21.0. The number of halogens is 7. The monoisotopic (exact) mass is 883 g/mol. The Labute approximate surface area is 413 Å². The first-order valence-electron chi connectivity index (χ1n) is 15.3. The Morgan fingerprint density at radius 3 is 1.53 bits per heavy atom. The summed E-state index contributed by atoms with van der Waals surface area (Å²) in [7, 11) is 2.93. The minimum atomic E-state index is -4.92. The second kappa shape index (κ2) is 29.7. The number of phenols is 1. The molecule has 0 heterocycles. The Balaban J connectivity index is -0.000000370. The van der Waals surface area contributed by atoms with E-state index in [1.807, 2.05) is 19.1 Å². The number of nitro benzene ring substituents is 2. The average Bonchev–Trinajstić information content (AvgIpc) is 3.15. The van der Waals surface area contributed by atoms with Crippen LogP contribution in [-0.2, 0) is 34.9 Å². The molecule has 1 N–H and O–H groups in total. The molecule has 0 aromatic heterocycles. The fraction of sp³-hybridized carbons (Fsp3) is 0.257. The van der Waals surface area contributed by atoms with Crippen LogP contribution in [-0.4, -0.2) is 35.6 Å². The number of phenolic OH excluding ortho intramolecular Hbond substituents is 1. The summed E-state index contributed by atoms with van der Waals surface area (Å²) in [6.45, 7) is 5.24. The number of alkyl halides is 6. The molecule has 0 aliphatic rings. The summed E-state index contributed by atoms with van der Waals surface area (Å²) in [5.41, 5.74) is -2.22. The van der Waals surface area contributed by atoms with Gasteiger partial charge in [-0.3, -0.25) is 25.0 Å². The molecule has 0 saturated heterocycles. The van der Waals surface area contributed by atoms with Gasteiger partial charge in [-0.1, -0.05) is 26.0 Å². The van der Waals surface area contributed by atoms with Crippen LogP contribution in [0.1, 0.15) is 44.5 Å². The summed E-state index contributed by atoms with van der Waals surface area (Å²) < 4.78 is 104. The van der Waals surface area contributed by atoms with Gasteiger partial charge in [0.05, 0.1) is 35.7 Å². The summed E-state index contributed by atoms with van der Waals surface area (Å²) in [4.78, 5) is 30.1. The van der Waals surface area contributed by atoms with E-state index in [1.54, 1.807) is 31.4 Å². The van der Waals surface area contributed by atoms with Crippen LogP contribution in [0, 0.1) is 37.4 Å². The van der Waals surface area contributed by atoms with E-state index in [9.17, 15) is 56.1 Å². The summed E-state index contributed by atoms with van der Waals surface area (Å²) in [5, 5.41) is 45.8. The quantitative estimate of drug-likeness (QED) is 0.0644. The van der Waals surface area contributed by atoms with Gasteiger partial charge < -0.3 is 30.9 Å². The molecule has 4 aromatic rings. The molecule has 4 aromatic carbocycles. The van der Waals surface area contributed by atoms with Crippen molar-refractivity contribution in [3.8, 4) is 34.8 Å². The maximum Gasteiger partial charge on any atom is 1.00 e. The van der Waals surface area contributed by atoms with Gasteiger partial charge in [-0.25, -0.2) is 4.39 Å². The number of aryl methyl sites for hydroxylation is 2. The van der Waals surface area contributed by atoms with Gasteiger partial charge in [-0.05, 0) is 60.4 Å². The second-order valence-electron chi connectivity index (χ2n) is 10.1. The first-order chi connectivity index (χ1) is 26.2. The first kappa shape index (κ1) is 58.9. The van der Waals surface area contributed by atoms with Gasteiger partial charge in [0.2, 0.25) is 0 Å². The molecule has 0 saturated carbocycles. The maximum absolute atomic E-state index is 13.2. The van der Waals surface area contributed by atoms with E-state index in [2.05, 4.69) is 11.8 Å². The van der Waals surface area contributed by atoms with Crippen LogP contribution in [0.25, 0.3) is 0 Å². The second-order valence-corrected chi connectivity index (χ2v) is 10.1. The smallest absolute Gasteiger partial charge is 1.00 e. The van der Waals surface area contributed by atoms with E-state index in [1.165, 1.54) is 25.7 Å². The van der Waals surface area contributed by atoms with Crippen LogP contribution < -0.4 is 122 Å². The van der Waals surface area contributed by atoms with Gasteiger partial charge in [-0.15, -0.1) is 0 Å². The van der Waals surface area contributed by atoms with Gasteiger partial charge in [0, 0.05) is 31.2 Å². The molecule has 23 heteroatoms. The predicted octanol–water partition coefficient (Wildman–Crippen LogP) is 2.78. The van der Waals surface area contributed by atoms with E-state index < -0.39 is 56.3 Å². The van der Waals surface area contributed by atoms with Crippen molar-refractivity contribution in [2.45, 2.75) is 46.0 Å². The number of nitriles is 1. The van der Waals surface area contributed by atoms with Crippen molar-refractivity contribution in [1.29, 1.82) is 5.26 Å². The number of benzene rings is 4. The zero-order valence-electron chi connectivity index (χ0n) is 32.9. The number of hydrogen-bond acceptors (Lipinski definition) is 12. The van der Waals surface area contributed by atoms with E-state index in [-0.39, 0.29) is 134 Å². The molecule has 4 rings (SSSR count). The largest absolute Gasteiger partial charge is 1.00 e. The summed E-state index contributed by atoms with van der Waals surface area (Å²) in [5.74, 6) is -0.942. The number of nitrogens with zero attached hydrogens (tertiary/aromatic N) is 3. The molecule has 306 valence electrons. The Kier molecular flexibility index (Phi) is 30.2. The van der Waals surface area contributed by atoms with Gasteiger partial charge in [-0.2, -0.15) is 31.6 Å². The Morgan fingerprint density at radius 2 is 1.14 bits per heavy atom. The van der Waals surface area contributed by atoms with Gasteiger partial charge >= 0.3 is 115 Å². The number of methoxy groups -OCH3 is 2. The number of ether oxygens (including phenoxy) is 3. The molecule has 58 heavy (non-hydrogen) atoms. The zero-order valence-corrected chi connectivity index (χ0v) is 38.2. The number of carbonyl (C=O) groups excluding carboxylic acids is 1. The van der Waals surface area contributed by atoms with Crippen molar-refractivity contribution in [3.05, 3.63) is 121 Å². The predicted molar refractivity (Wildman–Crippen MR) is 182 cm³/mol. The normalized spacial score (nSPS) is 9.72. The van der Waals surface area contributed by atoms with Crippen LogP contribution in [0.5, 0.6) is 28.7 Å². The zero-order chi connectivity index (χ0) is 43.2. The molecule has 0 atom stereocenters. The van der Waals surface area contributed by atoms with Gasteiger partial charge in [0.25, 0.3) is 17.8 Å². The van der Waals surface area contributed by atoms with E-state index >= 15 is 0 Å². The molecule has 0 aliphatic carbocycles. The summed E-state index contributed by atoms with van der Waals surface area (Å²) >= 11 is 0. The Hall–Kier alpha value is -3.42. The van der Waals surface area contributed by atoms with E-state index in [0.29, 0.717) is 23.9 Å². The van der Waals surface area contributed by atoms with E-state index in [0.717, 1.165) is 30.5 Å². The molecular weight excluding hydrogens is 850 g/mol. The topological polar surface area (TPSA) is 207 Å². The van der Waals surface area contributed by atoms with Crippen LogP contribution in [0.2, 0.25) is 0 Å². The molecule has 0 fully saturated rings. The molecule has 0 amide bonds. The van der Waals surface area contributed by atoms with E-state index in [4.69, 9.17) is 29.5 Å². The molecule has 14 nitrogen and oxygen atoms in total. The van der Waals surface area contributed by atoms with Crippen molar-refractivity contribution < 1.29 is 179 Å². The van der Waals surface area contributed by atoms with Crippen molar-refractivity contribution in [1.82, 2.24) is 0 Å². The summed E-state index contributed by atoms with van der Waals surface area (Å²) in [6.07, 6.45) is -8.04. The van der Waals surface area contributed by atoms with Gasteiger partial charge in [0.15, 0.2) is 23.0 Å². The molecule has 0 radical (unpaired) electrons. The molecule has 0 spiro atoms. The number of carbonyl (C=O) groups is 1. The molecular formula is C35H34F7K2N3O11. The fourth-order valence-corrected chi connectivity index (χ4v) is 3.86. The minimum Gasteiger partial charge on any atom is -1.00 e. The van der Waals surface area contributed by atoms with Gasteiger partial charge in [0.1, 0.15) is 17.1 Å². The Bertz CT molecular complexity index is 1960. The molecule has 0 unspecified atom stereocenters. The maximum atomic E-state index is 13.2. The van der Waals surface area contributed by atoms with Crippen molar-refractivity contribution in [2.24, 2.45) is 0 Å². The number of hydrogen-bond donors (Lipinski definition) is 1. The molecule has 0 aliphatic heterocycles. The Morgan fingerprint density at radius 1 is 0.741 bits per heavy atom. The number of nitro groups is 2. The third-order valence-electron chi connectivity index (χ3n) is 6.49. The van der Waals surface area contributed by atoms with Crippen molar-refractivity contribution in [2.75, 3.05) is 14.2 Å². The first-order valence-corrected chi connectivity index (χ1v) is 15.3. The van der Waals surface area contributed by atoms with Crippen LogP contribution in [0.15, 0.2) is 72.8 Å². The summed E-state index contributed by atoms with van der Waals surface area (Å²) in [6, 6.07) is 15.6. The number of non-ortho nitro benzene ring substituents is 2. The fourth-order valence-electron chi connectivity index (χ4n) is 3.86. The van der Waals surface area contributed by atoms with Crippen molar-refractivity contribution in [3.63, 3.8) is 0 Å². The van der Waals surface area contributed by atoms with Crippen LogP contribution in [0.4, 0.5) is 42.1 Å². The van der Waals surface area contributed by atoms with Crippen LogP contribution in [0.3, 0.4) is 0 Å². The van der Waals surface area contributed by atoms with Crippen LogP contribution >= 0.6 is 0 Å². The third-order valence-corrected chi connectivity index (χ3v) is 6.49. The van der Waals surface area contributed by atoms with Crippen molar-refractivity contribution >= 4 is 17.8 Å². The standard InChI is InChI=1S/C16H14F3NO4.C9H12O2.C7H3F4NO2.C2H3N.CH2O3.2K.H/c1-3-10-4-6-14(15(8-10)23-2)24-13-7-5-11(20(21)22)9-12(13)16(17,18)19;1-3-7-4-5-8(10)9(6-7)11-2;8-6-2-1-4(12(13)14)3-5(6)7(9,10)11;1-2-3;2-1-4-3;;;/h4-9H,3H2,1-2H3;4-6,10H,3H2,1-2H3;1-3H;1H3;1,3H;;;/q;;;;;2*+1;-1/p-1. The average molecular weight is 884 g/mol. The SMILES string of the molecule is CC#N.CCc1ccc(O)c(OC)c1.CCc1ccc(Oc2ccc([N+](=O)[O-])cc2C(F)(F)F)c(OC)c1.O=CO[O-].O=[N+]([O-])c1ccc(F)c(C(F)(F)F)c1.[H-].[K+].[K+]. The molecule has 0 bridgehead atoms. The minimum absolute atomic E-state index is 0.